The van der Waals surface area contributed by atoms with Crippen LogP contribution in [0.4, 0.5) is 0 Å². The van der Waals surface area contributed by atoms with Crippen LogP contribution in [0.3, 0.4) is 0 Å². The molecule has 34 heavy (non-hydrogen) atoms. The van der Waals surface area contributed by atoms with Gasteiger partial charge in [0.2, 0.25) is 11.8 Å². The molecule has 1 N–H and O–H groups in total. The van der Waals surface area contributed by atoms with Crippen molar-refractivity contribution in [2.75, 3.05) is 12.9 Å². The standard InChI is InChI=1S/C26H32Cl2N2O3S/c1-18(26(32)29-22-6-4-3-5-7-22)30(15-20-10-11-21(27)14-24(20)28)25(31)17-34-16-19-8-12-23(33-2)13-9-19/h8-14,18,22H,3-7,15-17H2,1-2H3,(H,29,32). The van der Waals surface area contributed by atoms with Crippen LogP contribution in [0.5, 0.6) is 5.75 Å². The summed E-state index contributed by atoms with van der Waals surface area (Å²) in [6.45, 7) is 2.03. The van der Waals surface area contributed by atoms with E-state index < -0.39 is 6.04 Å². The molecular formula is C26H32Cl2N2O3S. The maximum Gasteiger partial charge on any atom is 0.242 e. The normalized spacial score (nSPS) is 14.9. The Morgan fingerprint density at radius 2 is 1.82 bits per heavy atom. The van der Waals surface area contributed by atoms with Gasteiger partial charge in [0, 0.05) is 28.4 Å². The number of nitrogens with zero attached hydrogens (tertiary/aromatic N) is 1. The van der Waals surface area contributed by atoms with Gasteiger partial charge in [0.25, 0.3) is 0 Å². The Hall–Kier alpha value is -1.89. The molecule has 0 radical (unpaired) electrons. The lowest BCUT2D eigenvalue weighted by Crippen LogP contribution is -2.50. The maximum atomic E-state index is 13.3. The predicted molar refractivity (Wildman–Crippen MR) is 141 cm³/mol. The van der Waals surface area contributed by atoms with E-state index in [1.54, 1.807) is 37.1 Å². The highest BCUT2D eigenvalue weighted by Crippen LogP contribution is 2.25. The van der Waals surface area contributed by atoms with Gasteiger partial charge >= 0.3 is 0 Å². The molecule has 1 saturated carbocycles. The number of nitrogens with one attached hydrogen (secondary N) is 1. The van der Waals surface area contributed by atoms with Gasteiger partial charge in [0.05, 0.1) is 12.9 Å². The molecule has 0 saturated heterocycles. The zero-order valence-electron chi connectivity index (χ0n) is 19.7. The third kappa shape index (κ3) is 7.82. The van der Waals surface area contributed by atoms with Gasteiger partial charge in [0.15, 0.2) is 0 Å². The maximum absolute atomic E-state index is 13.3. The quantitative estimate of drug-likeness (QED) is 0.409. The Morgan fingerprint density at radius 3 is 2.47 bits per heavy atom. The van der Waals surface area contributed by atoms with Crippen LogP contribution in [0.25, 0.3) is 0 Å². The highest BCUT2D eigenvalue weighted by Gasteiger charge is 2.28. The van der Waals surface area contributed by atoms with Crippen molar-refractivity contribution >= 4 is 46.8 Å². The number of amides is 2. The molecule has 1 aliphatic carbocycles. The van der Waals surface area contributed by atoms with E-state index in [0.29, 0.717) is 15.8 Å². The van der Waals surface area contributed by atoms with Crippen LogP contribution in [0, 0.1) is 0 Å². The third-order valence-corrected chi connectivity index (χ3v) is 7.70. The minimum atomic E-state index is -0.609. The zero-order chi connectivity index (χ0) is 24.5. The van der Waals surface area contributed by atoms with Gasteiger partial charge in [-0.05, 0) is 55.2 Å². The second-order valence-electron chi connectivity index (χ2n) is 8.62. The largest absolute Gasteiger partial charge is 0.497 e. The number of benzene rings is 2. The smallest absolute Gasteiger partial charge is 0.242 e. The van der Waals surface area contributed by atoms with Gasteiger partial charge < -0.3 is 15.0 Å². The van der Waals surface area contributed by atoms with Crippen molar-refractivity contribution in [3.63, 3.8) is 0 Å². The molecule has 8 heteroatoms. The van der Waals surface area contributed by atoms with E-state index in [4.69, 9.17) is 27.9 Å². The molecule has 184 valence electrons. The summed E-state index contributed by atoms with van der Waals surface area (Å²) in [4.78, 5) is 28.0. The fourth-order valence-electron chi connectivity index (χ4n) is 4.05. The number of hydrogen-bond acceptors (Lipinski definition) is 4. The Balaban J connectivity index is 1.67. The predicted octanol–water partition coefficient (Wildman–Crippen LogP) is 6.10. The first-order valence-corrected chi connectivity index (χ1v) is 13.5. The van der Waals surface area contributed by atoms with Crippen LogP contribution in [0.2, 0.25) is 10.0 Å². The third-order valence-electron chi connectivity index (χ3n) is 6.13. The summed E-state index contributed by atoms with van der Waals surface area (Å²) >= 11 is 14.0. The van der Waals surface area contributed by atoms with Crippen molar-refractivity contribution < 1.29 is 14.3 Å². The molecule has 2 aromatic carbocycles. The van der Waals surface area contributed by atoms with Gasteiger partial charge in [-0.1, -0.05) is 60.7 Å². The summed E-state index contributed by atoms with van der Waals surface area (Å²) in [5, 5.41) is 4.17. The molecule has 0 spiro atoms. The highest BCUT2D eigenvalue weighted by molar-refractivity contribution is 7.99. The SMILES string of the molecule is COc1ccc(CSCC(=O)N(Cc2ccc(Cl)cc2Cl)C(C)C(=O)NC2CCCCC2)cc1. The van der Waals surface area contributed by atoms with Crippen LogP contribution in [0.15, 0.2) is 42.5 Å². The van der Waals surface area contributed by atoms with E-state index in [-0.39, 0.29) is 30.2 Å². The number of methoxy groups -OCH3 is 1. The van der Waals surface area contributed by atoms with E-state index in [1.807, 2.05) is 24.3 Å². The Morgan fingerprint density at radius 1 is 1.12 bits per heavy atom. The summed E-state index contributed by atoms with van der Waals surface area (Å²) in [7, 11) is 1.63. The molecule has 1 fully saturated rings. The zero-order valence-corrected chi connectivity index (χ0v) is 22.0. The van der Waals surface area contributed by atoms with Crippen LogP contribution in [0.1, 0.15) is 50.2 Å². The molecule has 2 amide bonds. The van der Waals surface area contributed by atoms with E-state index in [9.17, 15) is 9.59 Å². The summed E-state index contributed by atoms with van der Waals surface area (Å²) in [5.41, 5.74) is 1.87. The highest BCUT2D eigenvalue weighted by atomic mass is 35.5. The van der Waals surface area contributed by atoms with Crippen molar-refractivity contribution in [3.8, 4) is 5.75 Å². The molecular weight excluding hydrogens is 491 g/mol. The Kier molecular flexibility index (Phi) is 10.4. The van der Waals surface area contributed by atoms with Crippen molar-refractivity contribution in [3.05, 3.63) is 63.6 Å². The average molecular weight is 524 g/mol. The number of ether oxygens (including phenoxy) is 1. The lowest BCUT2D eigenvalue weighted by molar-refractivity contribution is -0.139. The first-order chi connectivity index (χ1) is 16.4. The molecule has 3 rings (SSSR count). The second kappa shape index (κ2) is 13.3. The number of thioether (sulfide) groups is 1. The van der Waals surface area contributed by atoms with Crippen LogP contribution in [-0.4, -0.2) is 41.7 Å². The molecule has 0 heterocycles. The first kappa shape index (κ1) is 26.7. The molecule has 0 aromatic heterocycles. The first-order valence-electron chi connectivity index (χ1n) is 11.6. The van der Waals surface area contributed by atoms with Gasteiger partial charge in [0.1, 0.15) is 11.8 Å². The van der Waals surface area contributed by atoms with Gasteiger partial charge in [-0.3, -0.25) is 9.59 Å². The number of hydrogen-bond donors (Lipinski definition) is 1. The van der Waals surface area contributed by atoms with E-state index in [2.05, 4.69) is 5.32 Å². The topological polar surface area (TPSA) is 58.6 Å². The van der Waals surface area contributed by atoms with Gasteiger partial charge in [-0.2, -0.15) is 0 Å². The van der Waals surface area contributed by atoms with E-state index in [0.717, 1.165) is 42.6 Å². The van der Waals surface area contributed by atoms with E-state index in [1.165, 1.54) is 18.2 Å². The fourth-order valence-corrected chi connectivity index (χ4v) is 5.38. The van der Waals surface area contributed by atoms with Crippen LogP contribution in [-0.2, 0) is 21.9 Å². The molecule has 0 aliphatic heterocycles. The lowest BCUT2D eigenvalue weighted by Gasteiger charge is -2.31. The van der Waals surface area contributed by atoms with Crippen molar-refractivity contribution in [2.45, 2.75) is 63.4 Å². The molecule has 1 aliphatic rings. The minimum Gasteiger partial charge on any atom is -0.497 e. The monoisotopic (exact) mass is 522 g/mol. The Bertz CT molecular complexity index is 965. The summed E-state index contributed by atoms with van der Waals surface area (Å²) < 4.78 is 5.20. The van der Waals surface area contributed by atoms with Crippen LogP contribution >= 0.6 is 35.0 Å². The number of halogens is 2. The van der Waals surface area contributed by atoms with E-state index >= 15 is 0 Å². The minimum absolute atomic E-state index is 0.101. The van der Waals surface area contributed by atoms with Gasteiger partial charge in [-0.15, -0.1) is 11.8 Å². The summed E-state index contributed by atoms with van der Waals surface area (Å²) in [6.07, 6.45) is 5.46. The average Bonchev–Trinajstić information content (AvgIpc) is 2.84. The molecule has 1 atom stereocenters. The number of carbonyl (C=O) groups excluding carboxylic acids is 2. The van der Waals surface area contributed by atoms with Crippen molar-refractivity contribution in [1.82, 2.24) is 10.2 Å². The molecule has 0 bridgehead atoms. The molecule has 5 nitrogen and oxygen atoms in total. The van der Waals surface area contributed by atoms with Crippen LogP contribution < -0.4 is 10.1 Å². The van der Waals surface area contributed by atoms with Crippen molar-refractivity contribution in [2.24, 2.45) is 0 Å². The Labute approximate surface area is 216 Å². The number of rotatable bonds is 10. The van der Waals surface area contributed by atoms with Crippen molar-refractivity contribution in [1.29, 1.82) is 0 Å². The van der Waals surface area contributed by atoms with Gasteiger partial charge in [-0.25, -0.2) is 0 Å². The second-order valence-corrected chi connectivity index (χ2v) is 10.4. The lowest BCUT2D eigenvalue weighted by atomic mass is 9.95. The summed E-state index contributed by atoms with van der Waals surface area (Å²) in [6, 6.07) is 12.6. The number of carbonyl (C=O) groups is 2. The summed E-state index contributed by atoms with van der Waals surface area (Å²) in [5.74, 6) is 1.53. The molecule has 1 unspecified atom stereocenters. The fraction of sp³-hybridized carbons (Fsp3) is 0.462. The molecule has 2 aromatic rings.